The van der Waals surface area contributed by atoms with Crippen LogP contribution in [0.2, 0.25) is 0 Å². The summed E-state index contributed by atoms with van der Waals surface area (Å²) < 4.78 is 0. The maximum atomic E-state index is 12.9. The van der Waals surface area contributed by atoms with Crippen LogP contribution in [0.5, 0.6) is 0 Å². The van der Waals surface area contributed by atoms with Crippen LogP contribution in [-0.4, -0.2) is 60.1 Å². The minimum absolute atomic E-state index is 0.0687. The van der Waals surface area contributed by atoms with E-state index < -0.39 is 0 Å². The first-order valence-corrected chi connectivity index (χ1v) is 12.3. The molecular weight excluding hydrogens is 426 g/mol. The van der Waals surface area contributed by atoms with Gasteiger partial charge in [0.25, 0.3) is 5.91 Å². The Labute approximate surface area is 191 Å². The van der Waals surface area contributed by atoms with Gasteiger partial charge in [-0.2, -0.15) is 0 Å². The number of aliphatic hydroxyl groups excluding tert-OH is 1. The van der Waals surface area contributed by atoms with Crippen molar-refractivity contribution >= 4 is 33.6 Å². The van der Waals surface area contributed by atoms with E-state index in [-0.39, 0.29) is 18.6 Å². The van der Waals surface area contributed by atoms with Crippen LogP contribution in [0.25, 0.3) is 0 Å². The SMILES string of the molecule is Cc1sc(NC(=O)c2ccccc2)c([C@H](c2cccs2)N2CCN(CCO)CC2)c1C. The first-order valence-electron chi connectivity index (χ1n) is 10.7. The Kier molecular flexibility index (Phi) is 7.20. The van der Waals surface area contributed by atoms with Crippen molar-refractivity contribution in [1.82, 2.24) is 9.80 Å². The number of carbonyl (C=O) groups is 1. The topological polar surface area (TPSA) is 55.8 Å². The van der Waals surface area contributed by atoms with Crippen molar-refractivity contribution in [2.75, 3.05) is 44.6 Å². The maximum Gasteiger partial charge on any atom is 0.256 e. The molecule has 3 heterocycles. The van der Waals surface area contributed by atoms with Crippen LogP contribution in [0.3, 0.4) is 0 Å². The number of rotatable bonds is 7. The van der Waals surface area contributed by atoms with Gasteiger partial charge in [-0.3, -0.25) is 14.6 Å². The number of aryl methyl sites for hydroxylation is 1. The molecule has 0 aliphatic carbocycles. The van der Waals surface area contributed by atoms with Gasteiger partial charge in [-0.25, -0.2) is 0 Å². The van der Waals surface area contributed by atoms with Crippen molar-refractivity contribution in [3.8, 4) is 0 Å². The van der Waals surface area contributed by atoms with E-state index in [1.54, 1.807) is 22.7 Å². The summed E-state index contributed by atoms with van der Waals surface area (Å²) in [7, 11) is 0. The van der Waals surface area contributed by atoms with Gasteiger partial charge in [0.15, 0.2) is 0 Å². The fraction of sp³-hybridized carbons (Fsp3) is 0.375. The van der Waals surface area contributed by atoms with Crippen molar-refractivity contribution in [3.05, 3.63) is 74.3 Å². The van der Waals surface area contributed by atoms with Crippen molar-refractivity contribution in [2.24, 2.45) is 0 Å². The fourth-order valence-corrected chi connectivity index (χ4v) is 6.12. The van der Waals surface area contributed by atoms with Gasteiger partial charge in [-0.05, 0) is 43.0 Å². The van der Waals surface area contributed by atoms with Gasteiger partial charge in [-0.15, -0.1) is 22.7 Å². The van der Waals surface area contributed by atoms with Crippen molar-refractivity contribution < 1.29 is 9.90 Å². The maximum absolute atomic E-state index is 12.9. The standard InChI is InChI=1S/C24H29N3O2S2/c1-17-18(2)31-24(25-23(29)19-7-4-3-5-8-19)21(17)22(20-9-6-16-30-20)27-12-10-26(11-13-27)14-15-28/h3-9,16,22,28H,10-15H2,1-2H3,(H,25,29)/t22-/m0/s1. The number of carbonyl (C=O) groups excluding carboxylic acids is 1. The van der Waals surface area contributed by atoms with Crippen LogP contribution in [0.4, 0.5) is 5.00 Å². The molecule has 1 saturated heterocycles. The van der Waals surface area contributed by atoms with Crippen molar-refractivity contribution in [2.45, 2.75) is 19.9 Å². The number of anilines is 1. The zero-order valence-electron chi connectivity index (χ0n) is 18.0. The Balaban J connectivity index is 1.66. The molecule has 4 rings (SSSR count). The molecule has 1 aliphatic heterocycles. The summed E-state index contributed by atoms with van der Waals surface area (Å²) in [5, 5.41) is 15.6. The third kappa shape index (κ3) is 4.91. The quantitative estimate of drug-likeness (QED) is 0.555. The van der Waals surface area contributed by atoms with E-state index in [9.17, 15) is 9.90 Å². The van der Waals surface area contributed by atoms with Gasteiger partial charge in [0, 0.05) is 53.6 Å². The molecule has 0 unspecified atom stereocenters. The van der Waals surface area contributed by atoms with Crippen LogP contribution < -0.4 is 5.32 Å². The zero-order valence-corrected chi connectivity index (χ0v) is 19.6. The Morgan fingerprint density at radius 2 is 1.84 bits per heavy atom. The number of thiophene rings is 2. The Morgan fingerprint density at radius 1 is 1.10 bits per heavy atom. The van der Waals surface area contributed by atoms with Crippen LogP contribution in [0, 0.1) is 13.8 Å². The third-order valence-electron chi connectivity index (χ3n) is 5.97. The number of benzene rings is 1. The van der Waals surface area contributed by atoms with Gasteiger partial charge in [0.2, 0.25) is 0 Å². The molecule has 1 aromatic carbocycles. The van der Waals surface area contributed by atoms with E-state index >= 15 is 0 Å². The lowest BCUT2D eigenvalue weighted by Gasteiger charge is -2.39. The highest BCUT2D eigenvalue weighted by atomic mass is 32.1. The molecule has 0 bridgehead atoms. The summed E-state index contributed by atoms with van der Waals surface area (Å²) in [6.45, 7) is 8.98. The number of nitrogens with one attached hydrogen (secondary N) is 1. The summed E-state index contributed by atoms with van der Waals surface area (Å²) in [6.07, 6.45) is 0. The average Bonchev–Trinajstić information content (AvgIpc) is 3.41. The van der Waals surface area contributed by atoms with E-state index in [1.165, 1.54) is 20.9 Å². The van der Waals surface area contributed by atoms with E-state index in [4.69, 9.17) is 0 Å². The van der Waals surface area contributed by atoms with Gasteiger partial charge in [0.05, 0.1) is 12.6 Å². The van der Waals surface area contributed by atoms with E-state index in [1.807, 2.05) is 30.3 Å². The summed E-state index contributed by atoms with van der Waals surface area (Å²) in [5.41, 5.74) is 3.14. The molecule has 1 fully saturated rings. The van der Waals surface area contributed by atoms with Crippen LogP contribution in [-0.2, 0) is 0 Å². The average molecular weight is 456 g/mol. The van der Waals surface area contributed by atoms with Crippen molar-refractivity contribution in [3.63, 3.8) is 0 Å². The molecule has 2 N–H and O–H groups in total. The summed E-state index contributed by atoms with van der Waals surface area (Å²) in [4.78, 5) is 20.3. The highest BCUT2D eigenvalue weighted by Crippen LogP contribution is 2.43. The molecule has 0 saturated carbocycles. The van der Waals surface area contributed by atoms with Gasteiger partial charge in [-0.1, -0.05) is 24.3 Å². The Hall–Kier alpha value is -2.03. The van der Waals surface area contributed by atoms with Gasteiger partial charge < -0.3 is 10.4 Å². The monoisotopic (exact) mass is 455 g/mol. The second-order valence-corrected chi connectivity index (χ2v) is 10.1. The van der Waals surface area contributed by atoms with Gasteiger partial charge >= 0.3 is 0 Å². The smallest absolute Gasteiger partial charge is 0.256 e. The minimum Gasteiger partial charge on any atom is -0.395 e. The van der Waals surface area contributed by atoms with Crippen LogP contribution in [0.15, 0.2) is 47.8 Å². The van der Waals surface area contributed by atoms with E-state index in [2.05, 4.69) is 46.5 Å². The molecule has 1 atom stereocenters. The molecule has 31 heavy (non-hydrogen) atoms. The zero-order chi connectivity index (χ0) is 21.8. The molecule has 7 heteroatoms. The van der Waals surface area contributed by atoms with E-state index in [0.717, 1.165) is 37.7 Å². The Bertz CT molecular complexity index is 994. The van der Waals surface area contributed by atoms with Crippen molar-refractivity contribution in [1.29, 1.82) is 0 Å². The Morgan fingerprint density at radius 3 is 2.48 bits per heavy atom. The number of aliphatic hydroxyl groups is 1. The number of hydrogen-bond donors (Lipinski definition) is 2. The highest BCUT2D eigenvalue weighted by molar-refractivity contribution is 7.16. The van der Waals surface area contributed by atoms with E-state index in [0.29, 0.717) is 5.56 Å². The lowest BCUT2D eigenvalue weighted by Crippen LogP contribution is -2.48. The second kappa shape index (κ2) is 10.1. The summed E-state index contributed by atoms with van der Waals surface area (Å²) in [5.74, 6) is -0.0687. The molecule has 1 aliphatic rings. The fourth-order valence-electron chi connectivity index (χ4n) is 4.17. The lowest BCUT2D eigenvalue weighted by molar-refractivity contribution is 0.0953. The number of piperazine rings is 1. The predicted octanol–water partition coefficient (Wildman–Crippen LogP) is 4.38. The minimum atomic E-state index is -0.0687. The number of hydrogen-bond acceptors (Lipinski definition) is 6. The molecule has 1 amide bonds. The number of β-amino-alcohol motifs (C(OH)–C–C–N with tert-alkyl or cyclic N) is 1. The largest absolute Gasteiger partial charge is 0.395 e. The molecule has 0 spiro atoms. The summed E-state index contributed by atoms with van der Waals surface area (Å²) >= 11 is 3.43. The van der Waals surface area contributed by atoms with Crippen LogP contribution >= 0.6 is 22.7 Å². The van der Waals surface area contributed by atoms with Gasteiger partial charge in [0.1, 0.15) is 5.00 Å². The lowest BCUT2D eigenvalue weighted by atomic mass is 9.99. The highest BCUT2D eigenvalue weighted by Gasteiger charge is 2.32. The second-order valence-electron chi connectivity index (χ2n) is 7.87. The summed E-state index contributed by atoms with van der Waals surface area (Å²) in [6, 6.07) is 13.8. The number of amides is 1. The molecule has 5 nitrogen and oxygen atoms in total. The predicted molar refractivity (Wildman–Crippen MR) is 129 cm³/mol. The molecule has 0 radical (unpaired) electrons. The normalized spacial score (nSPS) is 16.4. The molecule has 2 aromatic heterocycles. The first kappa shape index (κ1) is 22.2. The third-order valence-corrected chi connectivity index (χ3v) is 8.03. The molecule has 164 valence electrons. The molecular formula is C24H29N3O2S2. The molecule has 3 aromatic rings. The first-order chi connectivity index (χ1) is 15.1. The number of nitrogens with zero attached hydrogens (tertiary/aromatic N) is 2. The van der Waals surface area contributed by atoms with Crippen LogP contribution in [0.1, 0.15) is 37.3 Å².